The van der Waals surface area contributed by atoms with E-state index >= 15 is 0 Å². The normalized spacial score (nSPS) is 22.0. The Morgan fingerprint density at radius 2 is 1.76 bits per heavy atom. The van der Waals surface area contributed by atoms with Crippen molar-refractivity contribution >= 4 is 11.9 Å². The molecule has 8 nitrogen and oxygen atoms in total. The summed E-state index contributed by atoms with van der Waals surface area (Å²) in [5, 5.41) is 2.67. The largest absolute Gasteiger partial charge is 0.492 e. The molecule has 0 saturated carbocycles. The zero-order valence-electron chi connectivity index (χ0n) is 21.8. The van der Waals surface area contributed by atoms with E-state index in [1.807, 2.05) is 24.3 Å². The molecule has 9 heteroatoms. The molecule has 0 unspecified atom stereocenters. The summed E-state index contributed by atoms with van der Waals surface area (Å²) < 4.78 is 31.4. The first-order chi connectivity index (χ1) is 17.7. The van der Waals surface area contributed by atoms with Gasteiger partial charge in [-0.05, 0) is 69.5 Å². The molecule has 2 aliphatic heterocycles. The fourth-order valence-electron chi connectivity index (χ4n) is 4.79. The second-order valence-corrected chi connectivity index (χ2v) is 10.2. The third-order valence-electron chi connectivity index (χ3n) is 7.11. The molecule has 4 rings (SSSR count). The van der Waals surface area contributed by atoms with Gasteiger partial charge in [-0.3, -0.25) is 14.6 Å². The number of carbonyl (C=O) groups is 2. The van der Waals surface area contributed by atoms with Gasteiger partial charge in [-0.25, -0.2) is 9.18 Å². The highest BCUT2D eigenvalue weighted by Gasteiger charge is 2.44. The number of ether oxygens (including phenoxy) is 3. The molecule has 200 valence electrons. The number of urea groups is 1. The van der Waals surface area contributed by atoms with E-state index in [0.717, 1.165) is 44.5 Å². The van der Waals surface area contributed by atoms with Crippen molar-refractivity contribution in [2.24, 2.45) is 0 Å². The number of carbonyl (C=O) groups excluding carboxylic acids is 2. The van der Waals surface area contributed by atoms with E-state index in [9.17, 15) is 14.0 Å². The molecule has 1 atom stereocenters. The summed E-state index contributed by atoms with van der Waals surface area (Å²) in [7, 11) is 1.70. The molecule has 0 spiro atoms. The average molecular weight is 514 g/mol. The zero-order valence-corrected chi connectivity index (χ0v) is 21.8. The minimum absolute atomic E-state index is 0.200. The van der Waals surface area contributed by atoms with Gasteiger partial charge in [0.15, 0.2) is 11.6 Å². The van der Waals surface area contributed by atoms with E-state index in [4.69, 9.17) is 14.2 Å². The van der Waals surface area contributed by atoms with Gasteiger partial charge in [0.2, 0.25) is 0 Å². The predicted molar refractivity (Wildman–Crippen MR) is 137 cm³/mol. The Morgan fingerprint density at radius 1 is 1.00 bits per heavy atom. The molecule has 2 aliphatic rings. The van der Waals surface area contributed by atoms with Crippen LogP contribution < -0.4 is 14.8 Å². The van der Waals surface area contributed by atoms with Gasteiger partial charge in [-0.15, -0.1) is 0 Å². The van der Waals surface area contributed by atoms with E-state index in [1.165, 1.54) is 11.0 Å². The number of rotatable bonds is 10. The molecule has 0 aromatic heterocycles. The number of halogens is 1. The maximum absolute atomic E-state index is 14.0. The number of nitrogens with zero attached hydrogens (tertiary/aromatic N) is 2. The lowest BCUT2D eigenvalue weighted by Gasteiger charge is -2.31. The lowest BCUT2D eigenvalue weighted by atomic mass is 9.95. The molecule has 1 N–H and O–H groups in total. The maximum Gasteiger partial charge on any atom is 0.325 e. The molecule has 0 radical (unpaired) electrons. The highest BCUT2D eigenvalue weighted by atomic mass is 19.1. The Kier molecular flexibility index (Phi) is 8.34. The Balaban J connectivity index is 1.24. The first kappa shape index (κ1) is 26.9. The molecule has 0 aliphatic carbocycles. The lowest BCUT2D eigenvalue weighted by molar-refractivity contribution is -0.130. The van der Waals surface area contributed by atoms with Crippen LogP contribution in [-0.4, -0.2) is 72.8 Å². The van der Waals surface area contributed by atoms with E-state index in [0.29, 0.717) is 12.4 Å². The van der Waals surface area contributed by atoms with Gasteiger partial charge >= 0.3 is 6.03 Å². The summed E-state index contributed by atoms with van der Waals surface area (Å²) in [6.07, 6.45) is 2.59. The molecule has 3 amide bonds. The first-order valence-electron chi connectivity index (χ1n) is 12.7. The molecule has 2 saturated heterocycles. The number of likely N-dealkylation sites (tertiary alicyclic amines) is 1. The van der Waals surface area contributed by atoms with Crippen LogP contribution in [-0.2, 0) is 16.1 Å². The molecule has 2 heterocycles. The maximum atomic E-state index is 14.0. The SMILES string of the molecule is CO[C@]1(COc2ccccc2F)CCCN(Cc2ccc(OCCN3C(=O)NC(C)(C)C3=O)cc2)CC1. The van der Waals surface area contributed by atoms with Crippen LogP contribution in [0.25, 0.3) is 0 Å². The van der Waals surface area contributed by atoms with Crippen LogP contribution in [0.4, 0.5) is 9.18 Å². The van der Waals surface area contributed by atoms with Crippen LogP contribution in [0, 0.1) is 5.82 Å². The van der Waals surface area contributed by atoms with Crippen LogP contribution in [0.1, 0.15) is 38.7 Å². The number of hydrogen-bond acceptors (Lipinski definition) is 6. The topological polar surface area (TPSA) is 80.3 Å². The Hall–Kier alpha value is -3.17. The molecule has 0 bridgehead atoms. The summed E-state index contributed by atoms with van der Waals surface area (Å²) >= 11 is 0. The quantitative estimate of drug-likeness (QED) is 0.484. The van der Waals surface area contributed by atoms with Crippen molar-refractivity contribution in [3.05, 3.63) is 59.9 Å². The van der Waals surface area contributed by atoms with Gasteiger partial charge in [-0.1, -0.05) is 24.3 Å². The molecular weight excluding hydrogens is 477 g/mol. The Labute approximate surface area is 217 Å². The standard InChI is InChI=1S/C28H36FN3O5/c1-27(2)25(33)32(26(34)30-27)17-18-36-22-11-9-21(10-12-22)19-31-15-6-13-28(35-3,14-16-31)20-37-24-8-5-4-7-23(24)29/h4-5,7-12H,6,13-20H2,1-3H3,(H,30,34)/t28-/m1/s1. The van der Waals surface area contributed by atoms with Gasteiger partial charge in [0.1, 0.15) is 30.1 Å². The van der Waals surface area contributed by atoms with Crippen LogP contribution in [0.2, 0.25) is 0 Å². The van der Waals surface area contributed by atoms with Crippen molar-refractivity contribution in [1.82, 2.24) is 15.1 Å². The fourth-order valence-corrected chi connectivity index (χ4v) is 4.79. The smallest absolute Gasteiger partial charge is 0.325 e. The molecular formula is C28H36FN3O5. The number of methoxy groups -OCH3 is 1. The third-order valence-corrected chi connectivity index (χ3v) is 7.11. The second-order valence-electron chi connectivity index (χ2n) is 10.2. The van der Waals surface area contributed by atoms with Crippen molar-refractivity contribution in [3.8, 4) is 11.5 Å². The van der Waals surface area contributed by atoms with E-state index < -0.39 is 11.1 Å². The number of para-hydroxylation sites is 1. The van der Waals surface area contributed by atoms with E-state index in [1.54, 1.807) is 39.2 Å². The van der Waals surface area contributed by atoms with Gasteiger partial charge in [0.25, 0.3) is 5.91 Å². The summed E-state index contributed by atoms with van der Waals surface area (Å²) in [6.45, 7) is 6.69. The van der Waals surface area contributed by atoms with Gasteiger partial charge in [-0.2, -0.15) is 0 Å². The van der Waals surface area contributed by atoms with Gasteiger partial charge in [0.05, 0.1) is 6.54 Å². The molecule has 2 fully saturated rings. The number of benzene rings is 2. The summed E-state index contributed by atoms with van der Waals surface area (Å²) in [6, 6.07) is 13.9. The van der Waals surface area contributed by atoms with Crippen molar-refractivity contribution in [1.29, 1.82) is 0 Å². The van der Waals surface area contributed by atoms with Gasteiger partial charge < -0.3 is 19.5 Å². The molecule has 2 aromatic carbocycles. The number of amides is 3. The summed E-state index contributed by atoms with van der Waals surface area (Å²) in [4.78, 5) is 27.8. The monoisotopic (exact) mass is 513 g/mol. The Bertz CT molecular complexity index is 1090. The summed E-state index contributed by atoms with van der Waals surface area (Å²) in [5.41, 5.74) is -0.157. The number of imide groups is 1. The first-order valence-corrected chi connectivity index (χ1v) is 12.7. The van der Waals surface area contributed by atoms with Crippen LogP contribution in [0.5, 0.6) is 11.5 Å². The fraction of sp³-hybridized carbons (Fsp3) is 0.500. The second kappa shape index (κ2) is 11.5. The minimum atomic E-state index is -0.873. The van der Waals surface area contributed by atoms with E-state index in [-0.39, 0.29) is 36.7 Å². The van der Waals surface area contributed by atoms with Crippen LogP contribution >= 0.6 is 0 Å². The van der Waals surface area contributed by atoms with Gasteiger partial charge in [0, 0.05) is 20.2 Å². The third kappa shape index (κ3) is 6.59. The number of hydrogen-bond donors (Lipinski definition) is 1. The van der Waals surface area contributed by atoms with E-state index in [2.05, 4.69) is 10.2 Å². The highest BCUT2D eigenvalue weighted by Crippen LogP contribution is 2.29. The Morgan fingerprint density at radius 3 is 2.43 bits per heavy atom. The predicted octanol–water partition coefficient (Wildman–Crippen LogP) is 3.99. The van der Waals surface area contributed by atoms with Crippen LogP contribution in [0.3, 0.4) is 0 Å². The van der Waals surface area contributed by atoms with Crippen LogP contribution in [0.15, 0.2) is 48.5 Å². The molecule has 37 heavy (non-hydrogen) atoms. The molecule has 2 aromatic rings. The minimum Gasteiger partial charge on any atom is -0.492 e. The zero-order chi connectivity index (χ0) is 26.5. The average Bonchev–Trinajstić information content (AvgIpc) is 3.00. The van der Waals surface area contributed by atoms with Crippen molar-refractivity contribution in [2.45, 2.75) is 50.8 Å². The lowest BCUT2D eigenvalue weighted by Crippen LogP contribution is -2.40. The van der Waals surface area contributed by atoms with Crippen molar-refractivity contribution in [3.63, 3.8) is 0 Å². The number of nitrogens with one attached hydrogen (secondary N) is 1. The van der Waals surface area contributed by atoms with Crippen molar-refractivity contribution < 1.29 is 28.2 Å². The summed E-state index contributed by atoms with van der Waals surface area (Å²) in [5.74, 6) is 0.330. The highest BCUT2D eigenvalue weighted by molar-refractivity contribution is 6.06. The van der Waals surface area contributed by atoms with Crippen molar-refractivity contribution in [2.75, 3.05) is 40.0 Å².